The molecule has 11 aromatic carbocycles. The molecule has 14 rings (SSSR count). The Balaban J connectivity index is 1.06. The Morgan fingerprint density at radius 1 is 0.250 bits per heavy atom. The zero-order valence-electron chi connectivity index (χ0n) is 36.8. The van der Waals surface area contributed by atoms with Crippen LogP contribution >= 0.6 is 0 Å². The molecule has 0 aliphatic rings. The van der Waals surface area contributed by atoms with Crippen molar-refractivity contribution in [2.24, 2.45) is 0 Å². The minimum Gasteiger partial charge on any atom is -0.308 e. The monoisotopic (exact) mass is 865 g/mol. The second-order valence-corrected chi connectivity index (χ2v) is 17.6. The topological polar surface area (TPSA) is 48.5 Å². The summed E-state index contributed by atoms with van der Waals surface area (Å²) in [5.41, 5.74) is 11.9. The van der Waals surface area contributed by atoms with Gasteiger partial charge < -0.3 is 4.57 Å². The number of para-hydroxylation sites is 2. The molecule has 0 N–H and O–H groups in total. The molecule has 0 unspecified atom stereocenters. The highest BCUT2D eigenvalue weighted by Crippen LogP contribution is 2.44. The zero-order chi connectivity index (χ0) is 44.7. The van der Waals surface area contributed by atoms with Crippen LogP contribution in [-0.2, 0) is 0 Å². The third-order valence-corrected chi connectivity index (χ3v) is 13.7. The third kappa shape index (κ3) is 5.93. The molecular formula is C63H39N5. The van der Waals surface area contributed by atoms with Crippen LogP contribution < -0.4 is 0 Å². The second kappa shape index (κ2) is 15.2. The maximum atomic E-state index is 5.26. The first-order valence-corrected chi connectivity index (χ1v) is 23.1. The summed E-state index contributed by atoms with van der Waals surface area (Å²) in [5, 5.41) is 12.2. The van der Waals surface area contributed by atoms with E-state index in [1.807, 2.05) is 36.4 Å². The van der Waals surface area contributed by atoms with Crippen LogP contribution in [0.3, 0.4) is 0 Å². The fourth-order valence-electron chi connectivity index (χ4n) is 10.7. The summed E-state index contributed by atoms with van der Waals surface area (Å²) in [6, 6.07) is 84.9. The van der Waals surface area contributed by atoms with Crippen LogP contribution in [0.4, 0.5) is 0 Å². The van der Waals surface area contributed by atoms with Gasteiger partial charge in [0.25, 0.3) is 0 Å². The number of nitrogens with zero attached hydrogens (tertiary/aromatic N) is 5. The standard InChI is InChI=1S/C63H39N5/c1-4-18-40(19-5-1)44-36-45(43-32-33-51-49-26-11-10-24-47(49)48-25-12-13-27-50(48)55(51)39-43)38-46(37-44)67-56-30-16-14-28-52(56)53-34-35-58-59(60(53)67)54-29-15-17-31-57(54)68(58)63-65-61(41-20-6-2-7-21-41)64-62(66-63)42-22-8-3-9-23-42/h1-39H. The molecule has 0 radical (unpaired) electrons. The van der Waals surface area contributed by atoms with E-state index in [4.69, 9.17) is 15.0 Å². The van der Waals surface area contributed by atoms with Crippen LogP contribution in [0.25, 0.3) is 133 Å². The van der Waals surface area contributed by atoms with Crippen molar-refractivity contribution < 1.29 is 0 Å². The van der Waals surface area contributed by atoms with Gasteiger partial charge in [-0.1, -0.05) is 194 Å². The van der Waals surface area contributed by atoms with Crippen LogP contribution in [0.15, 0.2) is 237 Å². The SMILES string of the molecule is c1ccc(-c2cc(-c3ccc4c5ccccc5c5ccccc5c4c3)cc(-n3c4ccccc4c4ccc5c(c6ccccc6n5-c5nc(-c6ccccc6)nc(-c6ccccc6)n5)c43)c2)cc1. The van der Waals surface area contributed by atoms with Gasteiger partial charge in [-0.15, -0.1) is 0 Å². The van der Waals surface area contributed by atoms with Crippen molar-refractivity contribution in [2.75, 3.05) is 0 Å². The lowest BCUT2D eigenvalue weighted by Gasteiger charge is -2.16. The van der Waals surface area contributed by atoms with E-state index in [2.05, 4.69) is 209 Å². The number of hydrogen-bond acceptors (Lipinski definition) is 3. The molecule has 14 aromatic rings. The molecule has 0 atom stereocenters. The molecule has 0 saturated carbocycles. The molecule has 0 aliphatic carbocycles. The number of rotatable bonds is 6. The predicted octanol–water partition coefficient (Wildman–Crippen LogP) is 16.2. The van der Waals surface area contributed by atoms with E-state index >= 15 is 0 Å². The van der Waals surface area contributed by atoms with Crippen molar-refractivity contribution in [3.05, 3.63) is 237 Å². The average molecular weight is 866 g/mol. The lowest BCUT2D eigenvalue weighted by atomic mass is 9.91. The molecule has 5 nitrogen and oxygen atoms in total. The molecule has 0 spiro atoms. The molecular weight excluding hydrogens is 827 g/mol. The quantitative estimate of drug-likeness (QED) is 0.156. The van der Waals surface area contributed by atoms with Gasteiger partial charge in [-0.25, -0.2) is 4.98 Å². The largest absolute Gasteiger partial charge is 0.308 e. The van der Waals surface area contributed by atoms with Crippen molar-refractivity contribution in [2.45, 2.75) is 0 Å². The van der Waals surface area contributed by atoms with Crippen molar-refractivity contribution in [1.82, 2.24) is 24.1 Å². The highest BCUT2D eigenvalue weighted by molar-refractivity contribution is 6.27. The normalized spacial score (nSPS) is 11.8. The van der Waals surface area contributed by atoms with Crippen LogP contribution in [0.1, 0.15) is 0 Å². The number of hydrogen-bond donors (Lipinski definition) is 0. The van der Waals surface area contributed by atoms with Crippen LogP contribution in [-0.4, -0.2) is 24.1 Å². The first-order valence-electron chi connectivity index (χ1n) is 23.1. The van der Waals surface area contributed by atoms with Gasteiger partial charge >= 0.3 is 0 Å². The lowest BCUT2D eigenvalue weighted by molar-refractivity contribution is 0.953. The van der Waals surface area contributed by atoms with Crippen LogP contribution in [0.2, 0.25) is 0 Å². The summed E-state index contributed by atoms with van der Waals surface area (Å²) < 4.78 is 4.71. The Kier molecular flexibility index (Phi) is 8.52. The molecule has 5 heteroatoms. The maximum absolute atomic E-state index is 5.26. The first-order chi connectivity index (χ1) is 33.7. The average Bonchev–Trinajstić information content (AvgIpc) is 3.94. The summed E-state index contributed by atoms with van der Waals surface area (Å²) in [6.45, 7) is 0. The number of fused-ring (bicyclic) bond motifs is 13. The van der Waals surface area contributed by atoms with Crippen molar-refractivity contribution in [3.63, 3.8) is 0 Å². The Morgan fingerprint density at radius 2 is 0.706 bits per heavy atom. The second-order valence-electron chi connectivity index (χ2n) is 17.6. The van der Waals surface area contributed by atoms with E-state index in [0.717, 1.165) is 71.9 Å². The molecule has 3 heterocycles. The summed E-state index contributed by atoms with van der Waals surface area (Å²) >= 11 is 0. The Morgan fingerprint density at radius 3 is 1.31 bits per heavy atom. The smallest absolute Gasteiger partial charge is 0.238 e. The van der Waals surface area contributed by atoms with Gasteiger partial charge in [-0.05, 0) is 97.0 Å². The summed E-state index contributed by atoms with van der Waals surface area (Å²) in [4.78, 5) is 15.6. The van der Waals surface area contributed by atoms with E-state index in [-0.39, 0.29) is 0 Å². The molecule has 0 bridgehead atoms. The fraction of sp³-hybridized carbons (Fsp3) is 0. The van der Waals surface area contributed by atoms with Crippen molar-refractivity contribution in [3.8, 4) is 56.7 Å². The first kappa shape index (κ1) is 38.1. The van der Waals surface area contributed by atoms with E-state index in [9.17, 15) is 0 Å². The minimum atomic E-state index is 0.566. The minimum absolute atomic E-state index is 0.566. The maximum Gasteiger partial charge on any atom is 0.238 e. The van der Waals surface area contributed by atoms with Gasteiger partial charge in [0, 0.05) is 38.4 Å². The lowest BCUT2D eigenvalue weighted by Crippen LogP contribution is -2.06. The van der Waals surface area contributed by atoms with E-state index in [0.29, 0.717) is 17.6 Å². The van der Waals surface area contributed by atoms with Crippen LogP contribution in [0, 0.1) is 0 Å². The summed E-state index contributed by atoms with van der Waals surface area (Å²) in [5.74, 6) is 1.81. The molecule has 0 fully saturated rings. The van der Waals surface area contributed by atoms with Crippen molar-refractivity contribution >= 4 is 75.9 Å². The highest BCUT2D eigenvalue weighted by atomic mass is 15.2. The fourth-order valence-corrected chi connectivity index (χ4v) is 10.7. The molecule has 0 saturated heterocycles. The molecule has 3 aromatic heterocycles. The highest BCUT2D eigenvalue weighted by Gasteiger charge is 2.24. The third-order valence-electron chi connectivity index (χ3n) is 13.7. The molecule has 0 amide bonds. The zero-order valence-corrected chi connectivity index (χ0v) is 36.8. The number of aromatic nitrogens is 5. The Labute approximate surface area is 391 Å². The van der Waals surface area contributed by atoms with E-state index < -0.39 is 0 Å². The van der Waals surface area contributed by atoms with Gasteiger partial charge in [0.05, 0.1) is 22.1 Å². The Hall–Kier alpha value is -9.19. The van der Waals surface area contributed by atoms with E-state index in [1.54, 1.807) is 0 Å². The molecule has 68 heavy (non-hydrogen) atoms. The van der Waals surface area contributed by atoms with Gasteiger partial charge in [0.1, 0.15) is 0 Å². The van der Waals surface area contributed by atoms with Gasteiger partial charge in [0.2, 0.25) is 5.95 Å². The van der Waals surface area contributed by atoms with Crippen LogP contribution in [0.5, 0.6) is 0 Å². The Bertz CT molecular complexity index is 4210. The predicted molar refractivity (Wildman–Crippen MR) is 283 cm³/mol. The van der Waals surface area contributed by atoms with Crippen molar-refractivity contribution in [1.29, 1.82) is 0 Å². The van der Waals surface area contributed by atoms with Gasteiger partial charge in [0.15, 0.2) is 11.6 Å². The van der Waals surface area contributed by atoms with Gasteiger partial charge in [-0.2, -0.15) is 9.97 Å². The summed E-state index contributed by atoms with van der Waals surface area (Å²) in [6.07, 6.45) is 0. The molecule has 0 aliphatic heterocycles. The molecule has 316 valence electrons. The summed E-state index contributed by atoms with van der Waals surface area (Å²) in [7, 11) is 0. The van der Waals surface area contributed by atoms with E-state index in [1.165, 1.54) is 43.1 Å². The van der Waals surface area contributed by atoms with Gasteiger partial charge in [-0.3, -0.25) is 4.57 Å². The number of benzene rings is 11.